The van der Waals surface area contributed by atoms with Crippen molar-refractivity contribution in [2.75, 3.05) is 14.2 Å². The quantitative estimate of drug-likeness (QED) is 0.843. The normalized spacial score (nSPS) is 22.2. The van der Waals surface area contributed by atoms with Gasteiger partial charge < -0.3 is 14.5 Å². The van der Waals surface area contributed by atoms with Gasteiger partial charge in [-0.1, -0.05) is 20.8 Å². The van der Waals surface area contributed by atoms with Crippen LogP contribution < -0.4 is 4.74 Å². The van der Waals surface area contributed by atoms with Crippen LogP contribution in [-0.2, 0) is 4.79 Å². The molecule has 5 nitrogen and oxygen atoms in total. The van der Waals surface area contributed by atoms with Crippen molar-refractivity contribution in [3.63, 3.8) is 0 Å². The third kappa shape index (κ3) is 2.67. The zero-order valence-corrected chi connectivity index (χ0v) is 14.1. The van der Waals surface area contributed by atoms with E-state index < -0.39 is 6.04 Å². The molecule has 22 heavy (non-hydrogen) atoms. The van der Waals surface area contributed by atoms with Crippen molar-refractivity contribution in [2.24, 2.45) is 5.41 Å². The molecule has 1 fully saturated rings. The molecule has 2 atom stereocenters. The van der Waals surface area contributed by atoms with Gasteiger partial charge in [-0.05, 0) is 31.2 Å². The minimum atomic E-state index is -0.455. The minimum Gasteiger partial charge on any atom is -0.497 e. The first-order chi connectivity index (χ1) is 10.2. The lowest BCUT2D eigenvalue weighted by molar-refractivity contribution is -0.129. The first-order valence-electron chi connectivity index (χ1n) is 7.42. The molecule has 1 aliphatic rings. The van der Waals surface area contributed by atoms with E-state index in [1.165, 1.54) is 0 Å². The van der Waals surface area contributed by atoms with Gasteiger partial charge in [0.25, 0.3) is 5.91 Å². The third-order valence-corrected chi connectivity index (χ3v) is 4.10. The van der Waals surface area contributed by atoms with E-state index in [-0.39, 0.29) is 23.4 Å². The monoisotopic (exact) mass is 304 g/mol. The van der Waals surface area contributed by atoms with Crippen molar-refractivity contribution >= 4 is 11.8 Å². The van der Waals surface area contributed by atoms with Crippen molar-refractivity contribution in [1.29, 1.82) is 0 Å². The summed E-state index contributed by atoms with van der Waals surface area (Å²) >= 11 is 0. The maximum absolute atomic E-state index is 12.9. The topological polar surface area (TPSA) is 49.9 Å². The Hall–Kier alpha value is -2.04. The highest BCUT2D eigenvalue weighted by Gasteiger charge is 2.49. The minimum absolute atomic E-state index is 0.0261. The van der Waals surface area contributed by atoms with Crippen LogP contribution in [0.15, 0.2) is 24.3 Å². The number of carbonyl (C=O) groups excluding carboxylic acids is 2. The van der Waals surface area contributed by atoms with Gasteiger partial charge in [0.05, 0.1) is 7.11 Å². The van der Waals surface area contributed by atoms with E-state index in [0.717, 1.165) is 0 Å². The lowest BCUT2D eigenvalue weighted by Crippen LogP contribution is -2.50. The van der Waals surface area contributed by atoms with E-state index in [2.05, 4.69) is 0 Å². The van der Waals surface area contributed by atoms with Gasteiger partial charge in [-0.2, -0.15) is 0 Å². The first-order valence-corrected chi connectivity index (χ1v) is 7.42. The molecule has 5 heteroatoms. The van der Waals surface area contributed by atoms with Crippen LogP contribution in [0.1, 0.15) is 38.1 Å². The number of likely N-dealkylation sites (N-methyl/N-ethyl adjacent to an activating group) is 1. The van der Waals surface area contributed by atoms with Gasteiger partial charge >= 0.3 is 0 Å². The zero-order chi connectivity index (χ0) is 16.7. The lowest BCUT2D eigenvalue weighted by Gasteiger charge is -2.38. The van der Waals surface area contributed by atoms with Crippen molar-refractivity contribution in [1.82, 2.24) is 9.80 Å². The van der Waals surface area contributed by atoms with Crippen LogP contribution in [0.25, 0.3) is 0 Å². The second-order valence-electron chi connectivity index (χ2n) is 6.81. The molecular weight excluding hydrogens is 280 g/mol. The number of carbonyl (C=O) groups is 2. The molecule has 1 saturated heterocycles. The Morgan fingerprint density at radius 2 is 1.73 bits per heavy atom. The van der Waals surface area contributed by atoms with Gasteiger partial charge in [-0.3, -0.25) is 9.59 Å². The van der Waals surface area contributed by atoms with E-state index in [9.17, 15) is 9.59 Å². The summed E-state index contributed by atoms with van der Waals surface area (Å²) in [6.07, 6.45) is -0.260. The van der Waals surface area contributed by atoms with E-state index in [0.29, 0.717) is 11.3 Å². The largest absolute Gasteiger partial charge is 0.497 e. The molecule has 120 valence electrons. The Labute approximate surface area is 131 Å². The van der Waals surface area contributed by atoms with Crippen LogP contribution in [0.3, 0.4) is 0 Å². The number of hydrogen-bond acceptors (Lipinski definition) is 3. The van der Waals surface area contributed by atoms with Gasteiger partial charge in [0, 0.05) is 18.0 Å². The van der Waals surface area contributed by atoms with Crippen LogP contribution in [-0.4, -0.2) is 48.0 Å². The second-order valence-corrected chi connectivity index (χ2v) is 6.81. The highest BCUT2D eigenvalue weighted by Crippen LogP contribution is 2.34. The first kappa shape index (κ1) is 16.3. The Kier molecular flexibility index (Phi) is 4.18. The second kappa shape index (κ2) is 5.63. The van der Waals surface area contributed by atoms with Crippen molar-refractivity contribution in [3.05, 3.63) is 29.8 Å². The van der Waals surface area contributed by atoms with Crippen LogP contribution in [0, 0.1) is 5.41 Å². The van der Waals surface area contributed by atoms with Gasteiger partial charge in [-0.15, -0.1) is 0 Å². The Bertz CT molecular complexity index is 575. The number of nitrogens with zero attached hydrogens (tertiary/aromatic N) is 2. The van der Waals surface area contributed by atoms with Crippen LogP contribution in [0.2, 0.25) is 0 Å². The van der Waals surface area contributed by atoms with Crippen LogP contribution in [0.5, 0.6) is 5.75 Å². The molecule has 1 aliphatic heterocycles. The van der Waals surface area contributed by atoms with Crippen LogP contribution >= 0.6 is 0 Å². The average Bonchev–Trinajstić information content (AvgIpc) is 2.70. The lowest BCUT2D eigenvalue weighted by atomic mass is 9.90. The number of hydrogen-bond donors (Lipinski definition) is 0. The molecule has 2 rings (SSSR count). The Balaban J connectivity index is 2.38. The van der Waals surface area contributed by atoms with Gasteiger partial charge in [0.2, 0.25) is 5.91 Å². The number of rotatable bonds is 2. The van der Waals surface area contributed by atoms with Crippen LogP contribution in [0.4, 0.5) is 0 Å². The standard InChI is InChI=1S/C17H24N2O3/c1-11-14(20)18(5)16(17(2,3)4)19(11)15(21)12-7-9-13(22-6)10-8-12/h7-11,16H,1-6H3. The Morgan fingerprint density at radius 3 is 2.18 bits per heavy atom. The van der Waals surface area contributed by atoms with E-state index in [1.807, 2.05) is 20.8 Å². The molecule has 0 aromatic heterocycles. The fraction of sp³-hybridized carbons (Fsp3) is 0.529. The molecule has 0 N–H and O–H groups in total. The van der Waals surface area contributed by atoms with E-state index >= 15 is 0 Å². The molecule has 0 radical (unpaired) electrons. The molecule has 0 saturated carbocycles. The summed E-state index contributed by atoms with van der Waals surface area (Å²) < 4.78 is 5.12. The molecular formula is C17H24N2O3. The third-order valence-electron chi connectivity index (χ3n) is 4.10. The summed E-state index contributed by atoms with van der Waals surface area (Å²) in [4.78, 5) is 28.6. The van der Waals surface area contributed by atoms with Crippen molar-refractivity contribution in [3.8, 4) is 5.75 Å². The summed E-state index contributed by atoms with van der Waals surface area (Å²) in [5, 5.41) is 0. The molecule has 2 amide bonds. The number of amides is 2. The molecule has 0 bridgehead atoms. The predicted molar refractivity (Wildman–Crippen MR) is 84.6 cm³/mol. The maximum atomic E-state index is 12.9. The van der Waals surface area contributed by atoms with E-state index in [4.69, 9.17) is 4.74 Å². The zero-order valence-electron chi connectivity index (χ0n) is 14.1. The Morgan fingerprint density at radius 1 is 1.18 bits per heavy atom. The fourth-order valence-corrected chi connectivity index (χ4v) is 3.10. The number of ether oxygens (including phenoxy) is 1. The molecule has 1 heterocycles. The van der Waals surface area contributed by atoms with E-state index in [1.54, 1.807) is 55.1 Å². The summed E-state index contributed by atoms with van der Waals surface area (Å²) in [5.41, 5.74) is 0.335. The average molecular weight is 304 g/mol. The van der Waals surface area contributed by atoms with Crippen molar-refractivity contribution < 1.29 is 14.3 Å². The number of benzene rings is 1. The molecule has 1 aromatic carbocycles. The summed E-state index contributed by atoms with van der Waals surface area (Å²) in [6.45, 7) is 7.89. The summed E-state index contributed by atoms with van der Waals surface area (Å²) in [6, 6.07) is 6.52. The van der Waals surface area contributed by atoms with Gasteiger partial charge in [0.15, 0.2) is 0 Å². The van der Waals surface area contributed by atoms with Gasteiger partial charge in [0.1, 0.15) is 18.0 Å². The summed E-state index contributed by atoms with van der Waals surface area (Å²) in [7, 11) is 3.35. The maximum Gasteiger partial charge on any atom is 0.256 e. The molecule has 0 aliphatic carbocycles. The smallest absolute Gasteiger partial charge is 0.256 e. The fourth-order valence-electron chi connectivity index (χ4n) is 3.10. The number of methoxy groups -OCH3 is 1. The molecule has 1 aromatic rings. The SMILES string of the molecule is COc1ccc(C(=O)N2C(C)C(=O)N(C)C2C(C)(C)C)cc1. The van der Waals surface area contributed by atoms with Gasteiger partial charge in [-0.25, -0.2) is 0 Å². The summed E-state index contributed by atoms with van der Waals surface area (Å²) in [5.74, 6) is 0.543. The predicted octanol–water partition coefficient (Wildman–Crippen LogP) is 2.37. The molecule has 2 unspecified atom stereocenters. The highest BCUT2D eigenvalue weighted by molar-refractivity contribution is 5.99. The molecule has 0 spiro atoms. The highest BCUT2D eigenvalue weighted by atomic mass is 16.5. The van der Waals surface area contributed by atoms with Crippen molar-refractivity contribution in [2.45, 2.75) is 39.9 Å².